The molecule has 3 aliphatic carbocycles. The van der Waals surface area contributed by atoms with Crippen LogP contribution in [-0.4, -0.2) is 11.8 Å². The van der Waals surface area contributed by atoms with Crippen molar-refractivity contribution in [3.05, 3.63) is 28.8 Å². The second kappa shape index (κ2) is 6.07. The molecule has 27 heavy (non-hydrogen) atoms. The fourth-order valence-electron chi connectivity index (χ4n) is 7.60. The van der Waals surface area contributed by atoms with E-state index in [1.165, 1.54) is 24.2 Å². The highest BCUT2D eigenvalue weighted by Crippen LogP contribution is 2.69. The van der Waals surface area contributed by atoms with Crippen molar-refractivity contribution in [1.82, 2.24) is 0 Å². The smallest absolute Gasteiger partial charge is 0.237 e. The summed E-state index contributed by atoms with van der Waals surface area (Å²) < 4.78 is 0. The molecule has 3 nitrogen and oxygen atoms in total. The van der Waals surface area contributed by atoms with Gasteiger partial charge in [0.05, 0.1) is 17.5 Å². The number of anilines is 1. The maximum Gasteiger partial charge on any atom is 0.237 e. The molecule has 1 aromatic carbocycles. The zero-order chi connectivity index (χ0) is 19.0. The van der Waals surface area contributed by atoms with Crippen molar-refractivity contribution in [2.24, 2.45) is 47.3 Å². The summed E-state index contributed by atoms with van der Waals surface area (Å²) in [6.45, 7) is 6.53. The number of imide groups is 1. The predicted molar refractivity (Wildman–Crippen MR) is 106 cm³/mol. The number of carbonyl (C=O) groups excluding carboxylic acids is 2. The van der Waals surface area contributed by atoms with E-state index in [2.05, 4.69) is 13.8 Å². The quantitative estimate of drug-likeness (QED) is 0.679. The molecule has 2 bridgehead atoms. The Morgan fingerprint density at radius 2 is 1.52 bits per heavy atom. The largest absolute Gasteiger partial charge is 0.274 e. The topological polar surface area (TPSA) is 37.4 Å². The van der Waals surface area contributed by atoms with Crippen molar-refractivity contribution in [2.75, 3.05) is 4.90 Å². The molecule has 4 heteroatoms. The van der Waals surface area contributed by atoms with E-state index in [1.54, 1.807) is 6.07 Å². The first-order valence-electron chi connectivity index (χ1n) is 10.6. The normalized spacial score (nSPS) is 42.1. The van der Waals surface area contributed by atoms with Crippen LogP contribution in [0.5, 0.6) is 0 Å². The summed E-state index contributed by atoms with van der Waals surface area (Å²) in [7, 11) is 0. The second-order valence-corrected chi connectivity index (χ2v) is 9.72. The molecule has 0 N–H and O–H groups in total. The fourth-order valence-corrected chi connectivity index (χ4v) is 7.83. The van der Waals surface area contributed by atoms with Crippen LogP contribution in [0.1, 0.15) is 45.1 Å². The average molecular weight is 386 g/mol. The molecule has 1 aliphatic heterocycles. The molecule has 0 spiro atoms. The summed E-state index contributed by atoms with van der Waals surface area (Å²) in [6, 6.07) is 5.46. The maximum absolute atomic E-state index is 13.4. The number of hydrogen-bond acceptors (Lipinski definition) is 2. The van der Waals surface area contributed by atoms with Gasteiger partial charge in [-0.25, -0.2) is 4.90 Å². The minimum Gasteiger partial charge on any atom is -0.274 e. The number of fused-ring (bicyclic) bond motifs is 8. The van der Waals surface area contributed by atoms with Crippen molar-refractivity contribution < 1.29 is 9.59 Å². The number of nitrogens with zero attached hydrogens (tertiary/aromatic N) is 1. The third-order valence-corrected chi connectivity index (χ3v) is 8.68. The van der Waals surface area contributed by atoms with Crippen molar-refractivity contribution in [3.63, 3.8) is 0 Å². The Labute approximate surface area is 166 Å². The molecule has 2 amide bonds. The molecule has 3 saturated carbocycles. The van der Waals surface area contributed by atoms with Gasteiger partial charge in [0.25, 0.3) is 0 Å². The van der Waals surface area contributed by atoms with E-state index in [0.717, 1.165) is 29.5 Å². The Bertz CT molecular complexity index is 781. The Morgan fingerprint density at radius 3 is 2.00 bits per heavy atom. The number of carbonyl (C=O) groups is 2. The third kappa shape index (κ3) is 2.21. The lowest BCUT2D eigenvalue weighted by Crippen LogP contribution is -2.37. The standard InChI is InChI=1S/C23H28ClNO2/c1-4-12-9-13(5-2)19-16-10-15(18(12)19)20-21(16)23(27)25(22(20)26)17-7-6-14(24)8-11(17)3/h6-8,12-13,15-16,18-21H,4-5,9-10H2,1-3H3. The van der Waals surface area contributed by atoms with E-state index >= 15 is 0 Å². The molecule has 1 saturated heterocycles. The summed E-state index contributed by atoms with van der Waals surface area (Å²) in [4.78, 5) is 28.4. The number of halogens is 1. The van der Waals surface area contributed by atoms with E-state index in [4.69, 9.17) is 11.6 Å². The number of aryl methyl sites for hydroxylation is 1. The van der Waals surface area contributed by atoms with Gasteiger partial charge < -0.3 is 0 Å². The monoisotopic (exact) mass is 385 g/mol. The minimum atomic E-state index is -0.0801. The van der Waals surface area contributed by atoms with Gasteiger partial charge in [-0.15, -0.1) is 0 Å². The molecule has 1 aromatic rings. The lowest BCUT2D eigenvalue weighted by atomic mass is 9.66. The van der Waals surface area contributed by atoms with Crippen LogP contribution in [0, 0.1) is 54.3 Å². The van der Waals surface area contributed by atoms with Gasteiger partial charge in [0.2, 0.25) is 11.8 Å². The number of benzene rings is 1. The highest BCUT2D eigenvalue weighted by molar-refractivity contribution is 6.31. The highest BCUT2D eigenvalue weighted by atomic mass is 35.5. The molecule has 8 atom stereocenters. The summed E-state index contributed by atoms with van der Waals surface area (Å²) in [5.41, 5.74) is 1.63. The zero-order valence-corrected chi connectivity index (χ0v) is 17.1. The molecule has 4 aliphatic rings. The van der Waals surface area contributed by atoms with Crippen LogP contribution in [0.15, 0.2) is 18.2 Å². The Kier molecular flexibility index (Phi) is 3.99. The summed E-state index contributed by atoms with van der Waals surface area (Å²) in [5, 5.41) is 0.640. The van der Waals surface area contributed by atoms with Gasteiger partial charge in [0.15, 0.2) is 0 Å². The molecule has 0 aromatic heterocycles. The third-order valence-electron chi connectivity index (χ3n) is 8.44. The van der Waals surface area contributed by atoms with E-state index in [0.29, 0.717) is 28.7 Å². The van der Waals surface area contributed by atoms with Crippen LogP contribution in [0.3, 0.4) is 0 Å². The van der Waals surface area contributed by atoms with Crippen LogP contribution in [0.2, 0.25) is 5.02 Å². The average Bonchev–Trinajstić information content (AvgIpc) is 3.35. The SMILES string of the molecule is CCC1CC(CC)C2C3CC(C4C(=O)N(c5ccc(Cl)cc5C)C(=O)C34)C12. The Hall–Kier alpha value is -1.35. The predicted octanol–water partition coefficient (Wildman–Crippen LogP) is 5.09. The number of rotatable bonds is 3. The van der Waals surface area contributed by atoms with Crippen molar-refractivity contribution in [1.29, 1.82) is 0 Å². The maximum atomic E-state index is 13.4. The summed E-state index contributed by atoms with van der Waals surface area (Å²) in [5.74, 6) is 3.58. The van der Waals surface area contributed by atoms with Gasteiger partial charge in [-0.05, 0) is 79.0 Å². The van der Waals surface area contributed by atoms with E-state index in [-0.39, 0.29) is 23.7 Å². The van der Waals surface area contributed by atoms with Crippen LogP contribution in [0.25, 0.3) is 0 Å². The van der Waals surface area contributed by atoms with Crippen LogP contribution < -0.4 is 4.90 Å². The molecular weight excluding hydrogens is 358 g/mol. The lowest BCUT2D eigenvalue weighted by molar-refractivity contribution is -0.123. The number of hydrogen-bond donors (Lipinski definition) is 0. The molecule has 8 unspecified atom stereocenters. The molecule has 5 rings (SSSR count). The van der Waals surface area contributed by atoms with Crippen molar-refractivity contribution >= 4 is 29.1 Å². The lowest BCUT2D eigenvalue weighted by Gasteiger charge is -2.35. The first kappa shape index (κ1) is 17.7. The van der Waals surface area contributed by atoms with E-state index < -0.39 is 0 Å². The van der Waals surface area contributed by atoms with Gasteiger partial charge in [-0.3, -0.25) is 9.59 Å². The van der Waals surface area contributed by atoms with Gasteiger partial charge in [0, 0.05) is 5.02 Å². The fraction of sp³-hybridized carbons (Fsp3) is 0.652. The first-order valence-corrected chi connectivity index (χ1v) is 11.0. The van der Waals surface area contributed by atoms with Gasteiger partial charge in [-0.1, -0.05) is 38.3 Å². The van der Waals surface area contributed by atoms with Gasteiger partial charge in [0.1, 0.15) is 0 Å². The van der Waals surface area contributed by atoms with Crippen molar-refractivity contribution in [3.8, 4) is 0 Å². The Balaban J connectivity index is 1.53. The van der Waals surface area contributed by atoms with Crippen LogP contribution in [0.4, 0.5) is 5.69 Å². The van der Waals surface area contributed by atoms with Crippen LogP contribution >= 0.6 is 11.6 Å². The minimum absolute atomic E-state index is 0.0520. The summed E-state index contributed by atoms with van der Waals surface area (Å²) in [6.07, 6.45) is 4.82. The van der Waals surface area contributed by atoms with Gasteiger partial charge in [-0.2, -0.15) is 0 Å². The highest BCUT2D eigenvalue weighted by Gasteiger charge is 2.70. The number of amides is 2. The van der Waals surface area contributed by atoms with E-state index in [1.807, 2.05) is 19.1 Å². The second-order valence-electron chi connectivity index (χ2n) is 9.28. The summed E-state index contributed by atoms with van der Waals surface area (Å²) >= 11 is 6.09. The van der Waals surface area contributed by atoms with Gasteiger partial charge >= 0.3 is 0 Å². The zero-order valence-electron chi connectivity index (χ0n) is 16.3. The Morgan fingerprint density at radius 1 is 0.963 bits per heavy atom. The first-order chi connectivity index (χ1) is 13.0. The van der Waals surface area contributed by atoms with Crippen LogP contribution in [-0.2, 0) is 9.59 Å². The molecule has 1 heterocycles. The molecule has 144 valence electrons. The molecular formula is C23H28ClNO2. The molecule has 4 fully saturated rings. The molecule has 0 radical (unpaired) electrons. The van der Waals surface area contributed by atoms with Crippen molar-refractivity contribution in [2.45, 2.75) is 46.5 Å². The van der Waals surface area contributed by atoms with E-state index in [9.17, 15) is 9.59 Å².